The number of aryl methyl sites for hydroxylation is 2. The number of hydrogen-bond donors (Lipinski definition) is 1. The van der Waals surface area contributed by atoms with Crippen LogP contribution in [-0.4, -0.2) is 63.2 Å². The minimum atomic E-state index is -4.00. The Morgan fingerprint density at radius 2 is 1.75 bits per heavy atom. The van der Waals surface area contributed by atoms with E-state index in [0.29, 0.717) is 18.3 Å². The number of nitrogens with zero attached hydrogens (tertiary/aromatic N) is 6. The first kappa shape index (κ1) is 26.1. The minimum absolute atomic E-state index is 0.126. The third-order valence-corrected chi connectivity index (χ3v) is 7.83. The largest absolute Gasteiger partial charge is 0.382 e. The molecule has 1 fully saturated rings. The first-order valence-electron chi connectivity index (χ1n) is 11.9. The Bertz CT molecular complexity index is 1300. The SMILES string of the molecule is COCC1(n2c(NS(=O)(=O)[C@@H](C)[C@@H](OC(C)C)c3ncc(C)cn3)nnc2-c2cncc(C)c2)CC1. The zero-order valence-electron chi connectivity index (χ0n) is 21.5. The van der Waals surface area contributed by atoms with E-state index in [9.17, 15) is 8.42 Å². The number of aromatic nitrogens is 6. The van der Waals surface area contributed by atoms with Crippen molar-refractivity contribution in [3.05, 3.63) is 47.8 Å². The lowest BCUT2D eigenvalue weighted by Gasteiger charge is -2.26. The summed E-state index contributed by atoms with van der Waals surface area (Å²) >= 11 is 0. The van der Waals surface area contributed by atoms with Crippen molar-refractivity contribution in [3.8, 4) is 11.4 Å². The third kappa shape index (κ3) is 5.40. The Kier molecular flexibility index (Phi) is 7.39. The van der Waals surface area contributed by atoms with Gasteiger partial charge in [0, 0.05) is 37.5 Å². The quantitative estimate of drug-likeness (QED) is 0.408. The number of methoxy groups -OCH3 is 1. The van der Waals surface area contributed by atoms with Gasteiger partial charge in [-0.05, 0) is 64.7 Å². The summed E-state index contributed by atoms with van der Waals surface area (Å²) in [6.45, 7) is 9.46. The molecule has 36 heavy (non-hydrogen) atoms. The van der Waals surface area contributed by atoms with Gasteiger partial charge in [0.2, 0.25) is 16.0 Å². The summed E-state index contributed by atoms with van der Waals surface area (Å²) in [6, 6.07) is 1.94. The maximum Gasteiger partial charge on any atom is 0.240 e. The second-order valence-electron chi connectivity index (χ2n) is 9.67. The molecule has 1 saturated carbocycles. The van der Waals surface area contributed by atoms with Crippen LogP contribution in [0.2, 0.25) is 0 Å². The van der Waals surface area contributed by atoms with E-state index in [4.69, 9.17) is 9.47 Å². The smallest absolute Gasteiger partial charge is 0.240 e. The van der Waals surface area contributed by atoms with Gasteiger partial charge in [-0.25, -0.2) is 18.4 Å². The standard InChI is InChI=1S/C24H33N7O4S/c1-15(2)35-20(21-26-11-17(4)12-27-21)18(5)36(32,33)30-23-29-28-22(19-9-16(3)10-25-13-19)31(23)24(7-8-24)14-34-6/h9-13,15,18,20H,7-8,14H2,1-6H3,(H,29,30)/t18-,20+/m0/s1. The number of anilines is 1. The average Bonchev–Trinajstić information content (AvgIpc) is 3.47. The Hall–Kier alpha value is -2.96. The van der Waals surface area contributed by atoms with E-state index >= 15 is 0 Å². The number of rotatable bonds is 11. The van der Waals surface area contributed by atoms with Crippen molar-refractivity contribution in [1.82, 2.24) is 29.7 Å². The zero-order valence-corrected chi connectivity index (χ0v) is 22.3. The number of sulfonamides is 1. The lowest BCUT2D eigenvalue weighted by molar-refractivity contribution is 0.00152. The maximum absolute atomic E-state index is 13.6. The van der Waals surface area contributed by atoms with E-state index in [0.717, 1.165) is 29.5 Å². The van der Waals surface area contributed by atoms with Gasteiger partial charge in [-0.15, -0.1) is 10.2 Å². The Labute approximate surface area is 211 Å². The van der Waals surface area contributed by atoms with Gasteiger partial charge in [-0.3, -0.25) is 14.3 Å². The van der Waals surface area contributed by atoms with E-state index in [2.05, 4.69) is 29.9 Å². The van der Waals surface area contributed by atoms with Crippen LogP contribution in [-0.2, 0) is 25.0 Å². The Morgan fingerprint density at radius 3 is 2.33 bits per heavy atom. The van der Waals surface area contributed by atoms with E-state index < -0.39 is 26.9 Å². The highest BCUT2D eigenvalue weighted by atomic mass is 32.2. The highest BCUT2D eigenvalue weighted by Crippen LogP contribution is 2.47. The van der Waals surface area contributed by atoms with Crippen LogP contribution in [0.5, 0.6) is 0 Å². The molecule has 0 aromatic carbocycles. The molecule has 1 N–H and O–H groups in total. The van der Waals surface area contributed by atoms with Crippen molar-refractivity contribution in [2.75, 3.05) is 18.4 Å². The summed E-state index contributed by atoms with van der Waals surface area (Å²) < 4.78 is 43.3. The van der Waals surface area contributed by atoms with Crippen LogP contribution in [0.1, 0.15) is 56.7 Å². The van der Waals surface area contributed by atoms with Gasteiger partial charge < -0.3 is 9.47 Å². The molecular weight excluding hydrogens is 482 g/mol. The van der Waals surface area contributed by atoms with Crippen LogP contribution in [0.4, 0.5) is 5.95 Å². The zero-order chi connectivity index (χ0) is 26.1. The van der Waals surface area contributed by atoms with Crippen LogP contribution in [0.3, 0.4) is 0 Å². The fraction of sp³-hybridized carbons (Fsp3) is 0.542. The Morgan fingerprint density at radius 1 is 1.06 bits per heavy atom. The summed E-state index contributed by atoms with van der Waals surface area (Å²) in [5.41, 5.74) is 2.14. The molecule has 3 aromatic heterocycles. The fourth-order valence-electron chi connectivity index (χ4n) is 4.12. The van der Waals surface area contributed by atoms with Crippen molar-refractivity contribution in [3.63, 3.8) is 0 Å². The van der Waals surface area contributed by atoms with E-state index in [-0.39, 0.29) is 12.1 Å². The van der Waals surface area contributed by atoms with Gasteiger partial charge in [-0.1, -0.05) is 0 Å². The Balaban J connectivity index is 1.72. The average molecular weight is 516 g/mol. The third-order valence-electron chi connectivity index (χ3n) is 6.13. The second-order valence-corrected chi connectivity index (χ2v) is 11.7. The van der Waals surface area contributed by atoms with Gasteiger partial charge in [0.05, 0.1) is 18.2 Å². The summed E-state index contributed by atoms with van der Waals surface area (Å²) in [4.78, 5) is 12.9. The predicted molar refractivity (Wildman–Crippen MR) is 135 cm³/mol. The highest BCUT2D eigenvalue weighted by molar-refractivity contribution is 7.93. The van der Waals surface area contributed by atoms with Crippen molar-refractivity contribution < 1.29 is 17.9 Å². The van der Waals surface area contributed by atoms with Gasteiger partial charge >= 0.3 is 0 Å². The van der Waals surface area contributed by atoms with E-state index in [1.165, 1.54) is 0 Å². The molecule has 0 bridgehead atoms. The number of nitrogens with one attached hydrogen (secondary N) is 1. The molecule has 0 saturated heterocycles. The number of hydrogen-bond acceptors (Lipinski definition) is 9. The molecule has 12 heteroatoms. The summed E-state index contributed by atoms with van der Waals surface area (Å²) in [6.07, 6.45) is 7.24. The summed E-state index contributed by atoms with van der Waals surface area (Å²) in [7, 11) is -2.37. The molecule has 11 nitrogen and oxygen atoms in total. The van der Waals surface area contributed by atoms with Gasteiger partial charge in [0.15, 0.2) is 11.6 Å². The van der Waals surface area contributed by atoms with Crippen LogP contribution in [0.15, 0.2) is 30.9 Å². The topological polar surface area (TPSA) is 134 Å². The van der Waals surface area contributed by atoms with E-state index in [1.807, 2.05) is 38.3 Å². The second kappa shape index (κ2) is 10.2. The highest BCUT2D eigenvalue weighted by Gasteiger charge is 2.49. The van der Waals surface area contributed by atoms with Crippen LogP contribution in [0.25, 0.3) is 11.4 Å². The number of ether oxygens (including phenoxy) is 2. The van der Waals surface area contributed by atoms with Crippen molar-refractivity contribution in [1.29, 1.82) is 0 Å². The molecule has 2 atom stereocenters. The molecule has 4 rings (SSSR count). The number of pyridine rings is 1. The van der Waals surface area contributed by atoms with Crippen LogP contribution < -0.4 is 4.72 Å². The molecule has 3 heterocycles. The van der Waals surface area contributed by atoms with Gasteiger partial charge in [-0.2, -0.15) is 0 Å². The van der Waals surface area contributed by atoms with Crippen molar-refractivity contribution in [2.45, 2.75) is 70.5 Å². The summed E-state index contributed by atoms with van der Waals surface area (Å²) in [5, 5.41) is 7.59. The normalized spacial score (nSPS) is 16.6. The van der Waals surface area contributed by atoms with Crippen LogP contribution in [0, 0.1) is 13.8 Å². The molecule has 3 aromatic rings. The molecule has 1 aliphatic rings. The molecule has 0 radical (unpaired) electrons. The molecule has 194 valence electrons. The van der Waals surface area contributed by atoms with Gasteiger partial charge in [0.1, 0.15) is 11.4 Å². The molecule has 0 amide bonds. The molecule has 0 spiro atoms. The maximum atomic E-state index is 13.6. The van der Waals surface area contributed by atoms with Crippen LogP contribution >= 0.6 is 0 Å². The van der Waals surface area contributed by atoms with Crippen molar-refractivity contribution >= 4 is 16.0 Å². The lowest BCUT2D eigenvalue weighted by Crippen LogP contribution is -2.36. The molecule has 0 aliphatic heterocycles. The first-order chi connectivity index (χ1) is 17.1. The molecule has 0 unspecified atom stereocenters. The minimum Gasteiger partial charge on any atom is -0.382 e. The lowest BCUT2D eigenvalue weighted by atomic mass is 10.2. The van der Waals surface area contributed by atoms with Gasteiger partial charge in [0.25, 0.3) is 0 Å². The fourth-order valence-corrected chi connectivity index (χ4v) is 5.20. The van der Waals surface area contributed by atoms with E-state index in [1.54, 1.807) is 38.8 Å². The monoisotopic (exact) mass is 515 g/mol. The molecular formula is C24H33N7O4S. The summed E-state index contributed by atoms with van der Waals surface area (Å²) in [5.74, 6) is 0.960. The van der Waals surface area contributed by atoms with Crippen molar-refractivity contribution in [2.24, 2.45) is 0 Å². The molecule has 1 aliphatic carbocycles. The first-order valence-corrected chi connectivity index (χ1v) is 13.4. The predicted octanol–water partition coefficient (Wildman–Crippen LogP) is 3.18.